The fraction of sp³-hybridized carbons (Fsp3) is 0.125. The maximum atomic E-state index is 12.6. The zero-order chi connectivity index (χ0) is 9.14. The standard InChI is InChI=1S/C8H6BrFO2/c9-7-2-1-6(10)3-5(7)4-8(11)12/h1-3H,4H2,(H,11,12)/p-1. The molecule has 0 bridgehead atoms. The highest BCUT2D eigenvalue weighted by Gasteiger charge is 2.01. The Morgan fingerprint density at radius 2 is 2.25 bits per heavy atom. The van der Waals surface area contributed by atoms with Crippen LogP contribution in [0.3, 0.4) is 0 Å². The molecule has 1 rings (SSSR count). The van der Waals surface area contributed by atoms with Gasteiger partial charge in [0.1, 0.15) is 5.82 Å². The van der Waals surface area contributed by atoms with Gasteiger partial charge in [-0.25, -0.2) is 4.39 Å². The van der Waals surface area contributed by atoms with Gasteiger partial charge in [-0.3, -0.25) is 0 Å². The summed E-state index contributed by atoms with van der Waals surface area (Å²) in [5.41, 5.74) is 0.384. The molecule has 0 fully saturated rings. The van der Waals surface area contributed by atoms with Gasteiger partial charge in [-0.2, -0.15) is 0 Å². The molecule has 12 heavy (non-hydrogen) atoms. The number of hydrogen-bond donors (Lipinski definition) is 0. The smallest absolute Gasteiger partial charge is 0.123 e. The Hall–Kier alpha value is -0.900. The minimum atomic E-state index is -1.22. The topological polar surface area (TPSA) is 40.1 Å². The molecule has 64 valence electrons. The second-order valence-corrected chi connectivity index (χ2v) is 3.14. The molecule has 0 heterocycles. The average molecular weight is 232 g/mol. The zero-order valence-electron chi connectivity index (χ0n) is 6.01. The Kier molecular flexibility index (Phi) is 2.81. The SMILES string of the molecule is O=C([O-])Cc1cc(F)ccc1Br. The molecular formula is C8H5BrFO2-. The van der Waals surface area contributed by atoms with Gasteiger partial charge >= 0.3 is 0 Å². The molecule has 0 aliphatic carbocycles. The molecule has 0 radical (unpaired) electrons. The number of hydrogen-bond acceptors (Lipinski definition) is 2. The first-order valence-electron chi connectivity index (χ1n) is 3.23. The predicted octanol–water partition coefficient (Wildman–Crippen LogP) is 0.881. The second-order valence-electron chi connectivity index (χ2n) is 2.28. The number of carboxylic acid groups (broad SMARTS) is 1. The van der Waals surface area contributed by atoms with E-state index in [2.05, 4.69) is 15.9 Å². The highest BCUT2D eigenvalue weighted by Crippen LogP contribution is 2.17. The zero-order valence-corrected chi connectivity index (χ0v) is 7.60. The minimum absolute atomic E-state index is 0.279. The summed E-state index contributed by atoms with van der Waals surface area (Å²) in [6, 6.07) is 3.89. The molecule has 0 atom stereocenters. The van der Waals surface area contributed by atoms with Crippen LogP contribution in [0, 0.1) is 5.82 Å². The van der Waals surface area contributed by atoms with E-state index in [0.717, 1.165) is 0 Å². The van der Waals surface area contributed by atoms with E-state index in [4.69, 9.17) is 0 Å². The molecule has 4 heteroatoms. The van der Waals surface area contributed by atoms with Gasteiger partial charge in [0, 0.05) is 16.9 Å². The minimum Gasteiger partial charge on any atom is -0.550 e. The van der Waals surface area contributed by atoms with Gasteiger partial charge in [-0.15, -0.1) is 0 Å². The van der Waals surface area contributed by atoms with Gasteiger partial charge < -0.3 is 9.90 Å². The van der Waals surface area contributed by atoms with Crippen molar-refractivity contribution < 1.29 is 14.3 Å². The summed E-state index contributed by atoms with van der Waals surface area (Å²) in [5, 5.41) is 10.2. The molecule has 0 amide bonds. The molecule has 0 unspecified atom stereocenters. The number of rotatable bonds is 2. The van der Waals surface area contributed by atoms with Gasteiger partial charge in [0.05, 0.1) is 0 Å². The number of benzene rings is 1. The number of carboxylic acids is 1. The lowest BCUT2D eigenvalue weighted by molar-refractivity contribution is -0.304. The highest BCUT2D eigenvalue weighted by molar-refractivity contribution is 9.10. The number of halogens is 2. The van der Waals surface area contributed by atoms with E-state index in [-0.39, 0.29) is 6.42 Å². The third kappa shape index (κ3) is 2.30. The van der Waals surface area contributed by atoms with Gasteiger partial charge in [-0.05, 0) is 23.8 Å². The third-order valence-electron chi connectivity index (χ3n) is 1.34. The maximum Gasteiger partial charge on any atom is 0.123 e. The summed E-state index contributed by atoms with van der Waals surface area (Å²) in [4.78, 5) is 10.2. The van der Waals surface area contributed by atoms with E-state index in [0.29, 0.717) is 10.0 Å². The lowest BCUT2D eigenvalue weighted by Crippen LogP contribution is -2.24. The fourth-order valence-electron chi connectivity index (χ4n) is 0.834. The first-order valence-corrected chi connectivity index (χ1v) is 4.02. The van der Waals surface area contributed by atoms with Crippen molar-refractivity contribution in [2.24, 2.45) is 0 Å². The maximum absolute atomic E-state index is 12.6. The average Bonchev–Trinajstić information content (AvgIpc) is 1.96. The van der Waals surface area contributed by atoms with Crippen molar-refractivity contribution in [3.8, 4) is 0 Å². The van der Waals surface area contributed by atoms with Gasteiger partial charge in [-0.1, -0.05) is 15.9 Å². The van der Waals surface area contributed by atoms with Crippen LogP contribution < -0.4 is 5.11 Å². The van der Waals surface area contributed by atoms with Crippen molar-refractivity contribution in [1.29, 1.82) is 0 Å². The van der Waals surface area contributed by atoms with E-state index < -0.39 is 11.8 Å². The fourth-order valence-corrected chi connectivity index (χ4v) is 1.22. The summed E-state index contributed by atoms with van der Waals surface area (Å²) in [7, 11) is 0. The van der Waals surface area contributed by atoms with Crippen LogP contribution in [-0.2, 0) is 11.2 Å². The largest absolute Gasteiger partial charge is 0.550 e. The van der Waals surface area contributed by atoms with Crippen LogP contribution in [0.5, 0.6) is 0 Å². The Balaban J connectivity index is 2.97. The second kappa shape index (κ2) is 3.67. The van der Waals surface area contributed by atoms with Gasteiger partial charge in [0.2, 0.25) is 0 Å². The van der Waals surface area contributed by atoms with E-state index in [1.165, 1.54) is 18.2 Å². The number of aliphatic carboxylic acids is 1. The van der Waals surface area contributed by atoms with Crippen LogP contribution in [0.1, 0.15) is 5.56 Å². The molecule has 1 aromatic rings. The normalized spacial score (nSPS) is 9.83. The van der Waals surface area contributed by atoms with E-state index in [1.54, 1.807) is 0 Å². The van der Waals surface area contributed by atoms with E-state index in [1.807, 2.05) is 0 Å². The lowest BCUT2D eigenvalue weighted by atomic mass is 10.1. The molecule has 0 aromatic heterocycles. The van der Waals surface area contributed by atoms with Crippen LogP contribution in [0.15, 0.2) is 22.7 Å². The molecule has 1 aromatic carbocycles. The van der Waals surface area contributed by atoms with Crippen molar-refractivity contribution in [3.63, 3.8) is 0 Å². The van der Waals surface area contributed by atoms with Crippen molar-refractivity contribution in [3.05, 3.63) is 34.1 Å². The van der Waals surface area contributed by atoms with Crippen LogP contribution in [0.2, 0.25) is 0 Å². The van der Waals surface area contributed by atoms with Gasteiger partial charge in [0.25, 0.3) is 0 Å². The first-order chi connectivity index (χ1) is 5.59. The van der Waals surface area contributed by atoms with Crippen LogP contribution in [-0.4, -0.2) is 5.97 Å². The van der Waals surface area contributed by atoms with Crippen LogP contribution >= 0.6 is 15.9 Å². The van der Waals surface area contributed by atoms with Crippen molar-refractivity contribution in [1.82, 2.24) is 0 Å². The summed E-state index contributed by atoms with van der Waals surface area (Å²) in [5.74, 6) is -1.67. The summed E-state index contributed by atoms with van der Waals surface area (Å²) >= 11 is 3.10. The van der Waals surface area contributed by atoms with Crippen molar-refractivity contribution in [2.75, 3.05) is 0 Å². The Morgan fingerprint density at radius 3 is 2.83 bits per heavy atom. The number of carbonyl (C=O) groups excluding carboxylic acids is 1. The molecule has 0 saturated heterocycles. The van der Waals surface area contributed by atoms with Crippen LogP contribution in [0.4, 0.5) is 4.39 Å². The summed E-state index contributed by atoms with van der Waals surface area (Å²) < 4.78 is 13.1. The first kappa shape index (κ1) is 9.19. The molecule has 0 aliphatic rings. The predicted molar refractivity (Wildman–Crippen MR) is 42.8 cm³/mol. The molecule has 0 saturated carbocycles. The summed E-state index contributed by atoms with van der Waals surface area (Å²) in [6.07, 6.45) is -0.279. The Bertz CT molecular complexity index is 312. The molecular weight excluding hydrogens is 227 g/mol. The van der Waals surface area contributed by atoms with Crippen molar-refractivity contribution in [2.45, 2.75) is 6.42 Å². The van der Waals surface area contributed by atoms with Crippen molar-refractivity contribution >= 4 is 21.9 Å². The monoisotopic (exact) mass is 231 g/mol. The van der Waals surface area contributed by atoms with Crippen LogP contribution in [0.25, 0.3) is 0 Å². The lowest BCUT2D eigenvalue weighted by Gasteiger charge is -2.04. The molecule has 0 aliphatic heterocycles. The quantitative estimate of drug-likeness (QED) is 0.759. The highest BCUT2D eigenvalue weighted by atomic mass is 79.9. The third-order valence-corrected chi connectivity index (χ3v) is 2.12. The molecule has 0 N–H and O–H groups in total. The van der Waals surface area contributed by atoms with E-state index in [9.17, 15) is 14.3 Å². The molecule has 2 nitrogen and oxygen atoms in total. The van der Waals surface area contributed by atoms with E-state index >= 15 is 0 Å². The number of carbonyl (C=O) groups is 1. The van der Waals surface area contributed by atoms with Gasteiger partial charge in [0.15, 0.2) is 0 Å². The summed E-state index contributed by atoms with van der Waals surface area (Å²) in [6.45, 7) is 0. The molecule has 0 spiro atoms. The Labute approximate surface area is 77.2 Å². The Morgan fingerprint density at radius 1 is 1.58 bits per heavy atom.